The van der Waals surface area contributed by atoms with Crippen molar-refractivity contribution in [3.8, 4) is 67.3 Å². The van der Waals surface area contributed by atoms with E-state index in [1.165, 1.54) is 65.3 Å². The van der Waals surface area contributed by atoms with Crippen molar-refractivity contribution in [2.45, 2.75) is 0 Å². The number of benzene rings is 10. The molecule has 0 bridgehead atoms. The fraction of sp³-hybridized carbons (Fsp3) is 0. The molecule has 58 heavy (non-hydrogen) atoms. The topological polar surface area (TPSA) is 25.8 Å². The average molecular weight is 737 g/mol. The largest absolute Gasteiger partial charge is 0.228 e. The van der Waals surface area contributed by atoms with E-state index in [2.05, 4.69) is 200 Å². The van der Waals surface area contributed by atoms with Crippen molar-refractivity contribution in [1.82, 2.24) is 9.97 Å². The third-order valence-corrected chi connectivity index (χ3v) is 11.4. The number of hydrogen-bond donors (Lipinski definition) is 0. The van der Waals surface area contributed by atoms with Crippen LogP contribution < -0.4 is 0 Å². The molecular formula is C56H36N2. The van der Waals surface area contributed by atoms with Crippen LogP contribution in [-0.4, -0.2) is 9.97 Å². The van der Waals surface area contributed by atoms with E-state index < -0.39 is 0 Å². The number of aromatic nitrogens is 2. The molecule has 0 fully saturated rings. The lowest BCUT2D eigenvalue weighted by molar-refractivity contribution is 1.18. The molecule has 0 aliphatic rings. The van der Waals surface area contributed by atoms with Gasteiger partial charge in [-0.25, -0.2) is 9.97 Å². The van der Waals surface area contributed by atoms with Crippen LogP contribution in [0.15, 0.2) is 218 Å². The molecule has 1 aromatic heterocycles. The first-order valence-corrected chi connectivity index (χ1v) is 19.8. The Bertz CT molecular complexity index is 3310. The lowest BCUT2D eigenvalue weighted by atomic mass is 9.87. The zero-order valence-electron chi connectivity index (χ0n) is 31.7. The summed E-state index contributed by atoms with van der Waals surface area (Å²) >= 11 is 0. The molecular weight excluding hydrogens is 701 g/mol. The molecule has 0 saturated heterocycles. The average Bonchev–Trinajstić information content (AvgIpc) is 3.31. The summed E-state index contributed by atoms with van der Waals surface area (Å²) in [6.45, 7) is 0. The van der Waals surface area contributed by atoms with Crippen molar-refractivity contribution in [3.63, 3.8) is 0 Å². The van der Waals surface area contributed by atoms with E-state index in [-0.39, 0.29) is 0 Å². The van der Waals surface area contributed by atoms with E-state index >= 15 is 0 Å². The molecule has 11 rings (SSSR count). The van der Waals surface area contributed by atoms with Crippen LogP contribution in [0.1, 0.15) is 0 Å². The summed E-state index contributed by atoms with van der Waals surface area (Å²) in [4.78, 5) is 10.6. The normalized spacial score (nSPS) is 11.4. The number of nitrogens with zero attached hydrogens (tertiary/aromatic N) is 2. The molecule has 0 atom stereocenters. The van der Waals surface area contributed by atoms with Gasteiger partial charge in [0.25, 0.3) is 0 Å². The highest BCUT2D eigenvalue weighted by Crippen LogP contribution is 2.43. The summed E-state index contributed by atoms with van der Waals surface area (Å²) < 4.78 is 0. The van der Waals surface area contributed by atoms with E-state index in [0.29, 0.717) is 5.82 Å². The minimum absolute atomic E-state index is 0.694. The summed E-state index contributed by atoms with van der Waals surface area (Å²) in [7, 11) is 0. The lowest BCUT2D eigenvalue weighted by Gasteiger charge is -2.17. The Morgan fingerprint density at radius 1 is 0.241 bits per heavy atom. The van der Waals surface area contributed by atoms with Gasteiger partial charge in [-0.3, -0.25) is 0 Å². The summed E-state index contributed by atoms with van der Waals surface area (Å²) in [6, 6.07) is 78.4. The van der Waals surface area contributed by atoms with Crippen molar-refractivity contribution in [2.75, 3.05) is 0 Å². The smallest absolute Gasteiger partial charge is 0.160 e. The molecule has 2 heteroatoms. The summed E-state index contributed by atoms with van der Waals surface area (Å²) in [5.41, 5.74) is 11.8. The third-order valence-electron chi connectivity index (χ3n) is 11.4. The van der Waals surface area contributed by atoms with Crippen molar-refractivity contribution < 1.29 is 0 Å². The zero-order valence-corrected chi connectivity index (χ0v) is 31.7. The van der Waals surface area contributed by atoms with E-state index in [9.17, 15) is 0 Å². The van der Waals surface area contributed by atoms with Gasteiger partial charge in [-0.2, -0.15) is 0 Å². The van der Waals surface area contributed by atoms with Gasteiger partial charge in [0.1, 0.15) is 0 Å². The number of rotatable bonds is 6. The molecule has 11 aromatic rings. The van der Waals surface area contributed by atoms with Gasteiger partial charge < -0.3 is 0 Å². The molecule has 0 N–H and O–H groups in total. The van der Waals surface area contributed by atoms with Crippen LogP contribution in [0.2, 0.25) is 0 Å². The molecule has 0 spiro atoms. The van der Waals surface area contributed by atoms with Gasteiger partial charge in [0.05, 0.1) is 11.4 Å². The zero-order chi connectivity index (χ0) is 38.4. The maximum absolute atomic E-state index is 5.35. The van der Waals surface area contributed by atoms with Crippen LogP contribution in [0.3, 0.4) is 0 Å². The number of hydrogen-bond acceptors (Lipinski definition) is 2. The van der Waals surface area contributed by atoms with Gasteiger partial charge in [0.2, 0.25) is 0 Å². The summed E-state index contributed by atoms with van der Waals surface area (Å²) in [6.07, 6.45) is 0. The fourth-order valence-corrected chi connectivity index (χ4v) is 8.61. The Kier molecular flexibility index (Phi) is 8.19. The molecule has 0 amide bonds. The lowest BCUT2D eigenvalue weighted by Crippen LogP contribution is -1.97. The second kappa shape index (κ2) is 14.1. The van der Waals surface area contributed by atoms with Gasteiger partial charge in [0.15, 0.2) is 5.82 Å². The monoisotopic (exact) mass is 736 g/mol. The van der Waals surface area contributed by atoms with Gasteiger partial charge in [0, 0.05) is 16.7 Å². The maximum Gasteiger partial charge on any atom is 0.160 e. The van der Waals surface area contributed by atoms with Crippen LogP contribution in [0.5, 0.6) is 0 Å². The van der Waals surface area contributed by atoms with Gasteiger partial charge in [-0.1, -0.05) is 188 Å². The van der Waals surface area contributed by atoms with Crippen LogP contribution in [0, 0.1) is 0 Å². The van der Waals surface area contributed by atoms with Crippen LogP contribution >= 0.6 is 0 Å². The summed E-state index contributed by atoms with van der Waals surface area (Å²) in [5, 5.41) is 9.83. The van der Waals surface area contributed by atoms with Gasteiger partial charge in [-0.05, 0) is 107 Å². The SMILES string of the molecule is c1ccc(-c2ccc(-c3cc(-c4cc(-c5cccc6ccccc56)cc(-c5c6ccccc6cc6c5ccc5ccccc56)c4)nc(-c4ccccc4)n3)cc2)cc1. The van der Waals surface area contributed by atoms with Crippen molar-refractivity contribution in [3.05, 3.63) is 218 Å². The minimum Gasteiger partial charge on any atom is -0.228 e. The molecule has 0 radical (unpaired) electrons. The predicted molar refractivity (Wildman–Crippen MR) is 245 cm³/mol. The highest BCUT2D eigenvalue weighted by Gasteiger charge is 2.18. The summed E-state index contributed by atoms with van der Waals surface area (Å²) in [5.74, 6) is 0.694. The first kappa shape index (κ1) is 33.6. The van der Waals surface area contributed by atoms with Crippen LogP contribution in [-0.2, 0) is 0 Å². The molecule has 2 nitrogen and oxygen atoms in total. The van der Waals surface area contributed by atoms with E-state index in [1.807, 2.05) is 18.2 Å². The quantitative estimate of drug-likeness (QED) is 0.125. The maximum atomic E-state index is 5.35. The first-order chi connectivity index (χ1) is 28.7. The van der Waals surface area contributed by atoms with E-state index in [1.54, 1.807) is 0 Å². The van der Waals surface area contributed by atoms with Crippen LogP contribution in [0.4, 0.5) is 0 Å². The van der Waals surface area contributed by atoms with Crippen molar-refractivity contribution in [2.24, 2.45) is 0 Å². The van der Waals surface area contributed by atoms with Crippen molar-refractivity contribution >= 4 is 43.1 Å². The Labute approximate surface area is 337 Å². The molecule has 0 saturated carbocycles. The fourth-order valence-electron chi connectivity index (χ4n) is 8.61. The predicted octanol–water partition coefficient (Wildman–Crippen LogP) is 15.1. The van der Waals surface area contributed by atoms with Gasteiger partial charge >= 0.3 is 0 Å². The third kappa shape index (κ3) is 6.00. The standard InChI is InChI=1S/C56H36N2/c1-3-14-37(15-4-1)38-26-28-41(29-27-38)53-36-54(58-56(57-53)42-18-5-2-6-19-42)45-32-44(49-25-13-21-39-16-7-10-22-47(39)49)33-46(34-45)55-50-24-12-9-20-43(50)35-52-48-23-11-8-17-40(48)30-31-51(52)55/h1-36H. The van der Waals surface area contributed by atoms with Crippen LogP contribution in [0.25, 0.3) is 110 Å². The molecule has 0 aliphatic carbocycles. The minimum atomic E-state index is 0.694. The second-order valence-corrected chi connectivity index (χ2v) is 15.0. The first-order valence-electron chi connectivity index (χ1n) is 19.8. The highest BCUT2D eigenvalue weighted by atomic mass is 14.9. The molecule has 270 valence electrons. The second-order valence-electron chi connectivity index (χ2n) is 15.0. The molecule has 1 heterocycles. The number of fused-ring (bicyclic) bond motifs is 5. The Morgan fingerprint density at radius 3 is 1.53 bits per heavy atom. The van der Waals surface area contributed by atoms with Gasteiger partial charge in [-0.15, -0.1) is 0 Å². The molecule has 0 unspecified atom stereocenters. The van der Waals surface area contributed by atoms with E-state index in [0.717, 1.165) is 39.2 Å². The molecule has 0 aliphatic heterocycles. The van der Waals surface area contributed by atoms with E-state index in [4.69, 9.17) is 9.97 Å². The Balaban J connectivity index is 1.19. The molecule has 10 aromatic carbocycles. The van der Waals surface area contributed by atoms with Crippen molar-refractivity contribution in [1.29, 1.82) is 0 Å². The Morgan fingerprint density at radius 2 is 0.776 bits per heavy atom. The highest BCUT2D eigenvalue weighted by molar-refractivity contribution is 6.20. The Hall–Kier alpha value is -7.68.